The SMILES string of the molecule is C=C/C=C(C)\C(=C/C)C1=C(O)c2ccc(OC)c(F)c2CCC1. The molecule has 0 fully saturated rings. The molecule has 1 aliphatic carbocycles. The van der Waals surface area contributed by atoms with Crippen LogP contribution in [0.4, 0.5) is 4.39 Å². The minimum Gasteiger partial charge on any atom is -0.507 e. The standard InChI is InChI=1S/C20H23FO2/c1-5-8-13(3)14(6-2)16-10-7-9-15-17(20(16)22)11-12-18(23-4)19(15)21/h5-6,8,11-12,22H,1,7,9-10H2,2-4H3/b13-8-,14-6+. The van der Waals surface area contributed by atoms with Crippen molar-refractivity contribution in [2.75, 3.05) is 7.11 Å². The van der Waals surface area contributed by atoms with Crippen LogP contribution >= 0.6 is 0 Å². The smallest absolute Gasteiger partial charge is 0.168 e. The average Bonchev–Trinajstić information content (AvgIpc) is 2.70. The number of hydrogen-bond acceptors (Lipinski definition) is 2. The Hall–Kier alpha value is -2.29. The minimum absolute atomic E-state index is 0.156. The highest BCUT2D eigenvalue weighted by Gasteiger charge is 2.23. The number of halogens is 1. The maximum Gasteiger partial charge on any atom is 0.168 e. The number of hydrogen-bond donors (Lipinski definition) is 1. The first-order valence-electron chi connectivity index (χ1n) is 7.79. The van der Waals surface area contributed by atoms with Gasteiger partial charge >= 0.3 is 0 Å². The van der Waals surface area contributed by atoms with E-state index in [9.17, 15) is 9.50 Å². The van der Waals surface area contributed by atoms with Crippen molar-refractivity contribution in [3.63, 3.8) is 0 Å². The summed E-state index contributed by atoms with van der Waals surface area (Å²) in [7, 11) is 1.45. The van der Waals surface area contributed by atoms with Crippen LogP contribution in [0.15, 0.2) is 53.7 Å². The first-order chi connectivity index (χ1) is 11.0. The summed E-state index contributed by atoms with van der Waals surface area (Å²) in [5, 5.41) is 10.8. The van der Waals surface area contributed by atoms with Gasteiger partial charge in [-0.3, -0.25) is 0 Å². The molecule has 2 rings (SSSR count). The monoisotopic (exact) mass is 314 g/mol. The second kappa shape index (κ2) is 7.32. The van der Waals surface area contributed by atoms with Gasteiger partial charge in [0.1, 0.15) is 5.76 Å². The molecule has 1 aliphatic rings. The fourth-order valence-corrected chi connectivity index (χ4v) is 3.12. The van der Waals surface area contributed by atoms with E-state index in [0.717, 1.165) is 23.1 Å². The van der Waals surface area contributed by atoms with E-state index in [0.29, 0.717) is 24.0 Å². The second-order valence-electron chi connectivity index (χ2n) is 5.58. The minimum atomic E-state index is -0.377. The Bertz CT molecular complexity index is 709. The molecule has 0 amide bonds. The highest BCUT2D eigenvalue weighted by atomic mass is 19.1. The summed E-state index contributed by atoms with van der Waals surface area (Å²) in [4.78, 5) is 0. The molecule has 1 aromatic carbocycles. The number of ether oxygens (including phenoxy) is 1. The lowest BCUT2D eigenvalue weighted by Gasteiger charge is -2.14. The van der Waals surface area contributed by atoms with Crippen LogP contribution < -0.4 is 4.74 Å². The maximum atomic E-state index is 14.5. The predicted octanol–water partition coefficient (Wildman–Crippen LogP) is 5.52. The van der Waals surface area contributed by atoms with Crippen LogP contribution in [0, 0.1) is 5.82 Å². The van der Waals surface area contributed by atoms with Crippen LogP contribution in [0.2, 0.25) is 0 Å². The molecule has 0 saturated heterocycles. The number of methoxy groups -OCH3 is 1. The molecule has 0 spiro atoms. The van der Waals surface area contributed by atoms with Gasteiger partial charge in [0.2, 0.25) is 0 Å². The molecule has 1 aromatic rings. The predicted molar refractivity (Wildman–Crippen MR) is 93.1 cm³/mol. The third kappa shape index (κ3) is 3.24. The van der Waals surface area contributed by atoms with Gasteiger partial charge in [0.15, 0.2) is 11.6 Å². The summed E-state index contributed by atoms with van der Waals surface area (Å²) in [6.45, 7) is 7.65. The van der Waals surface area contributed by atoms with Crippen LogP contribution in [0.25, 0.3) is 5.76 Å². The van der Waals surface area contributed by atoms with Crippen molar-refractivity contribution in [3.8, 4) is 5.75 Å². The molecule has 3 heteroatoms. The van der Waals surface area contributed by atoms with Crippen LogP contribution in [0.1, 0.15) is 37.8 Å². The van der Waals surface area contributed by atoms with Gasteiger partial charge in [-0.05, 0) is 56.4 Å². The molecule has 0 aliphatic heterocycles. The van der Waals surface area contributed by atoms with Gasteiger partial charge in [0.25, 0.3) is 0 Å². The molecule has 0 bridgehead atoms. The van der Waals surface area contributed by atoms with Crippen LogP contribution in [0.5, 0.6) is 5.75 Å². The quantitative estimate of drug-likeness (QED) is 0.742. The van der Waals surface area contributed by atoms with Crippen molar-refractivity contribution in [2.24, 2.45) is 0 Å². The lowest BCUT2D eigenvalue weighted by atomic mass is 9.93. The number of rotatable bonds is 4. The van der Waals surface area contributed by atoms with E-state index in [4.69, 9.17) is 4.74 Å². The van der Waals surface area contributed by atoms with Crippen LogP contribution in [-0.2, 0) is 6.42 Å². The lowest BCUT2D eigenvalue weighted by molar-refractivity contribution is 0.383. The van der Waals surface area contributed by atoms with E-state index in [1.54, 1.807) is 18.2 Å². The zero-order valence-corrected chi connectivity index (χ0v) is 13.9. The third-order valence-corrected chi connectivity index (χ3v) is 4.23. The van der Waals surface area contributed by atoms with Crippen molar-refractivity contribution in [2.45, 2.75) is 33.1 Å². The summed E-state index contributed by atoms with van der Waals surface area (Å²) in [6, 6.07) is 3.30. The van der Waals surface area contributed by atoms with E-state index in [-0.39, 0.29) is 17.3 Å². The zero-order chi connectivity index (χ0) is 17.0. The van der Waals surface area contributed by atoms with Gasteiger partial charge in [-0.15, -0.1) is 0 Å². The van der Waals surface area contributed by atoms with Gasteiger partial charge in [-0.25, -0.2) is 4.39 Å². The summed E-state index contributed by atoms with van der Waals surface area (Å²) in [6.07, 6.45) is 7.67. The van der Waals surface area contributed by atoms with Crippen molar-refractivity contribution in [1.82, 2.24) is 0 Å². The first kappa shape index (κ1) is 17.1. The van der Waals surface area contributed by atoms with Gasteiger partial charge < -0.3 is 9.84 Å². The molecule has 1 N–H and O–H groups in total. The van der Waals surface area contributed by atoms with Crippen LogP contribution in [0.3, 0.4) is 0 Å². The number of aliphatic hydroxyl groups is 1. The topological polar surface area (TPSA) is 29.5 Å². The van der Waals surface area contributed by atoms with E-state index >= 15 is 0 Å². The van der Waals surface area contributed by atoms with Crippen molar-refractivity contribution < 1.29 is 14.2 Å². The lowest BCUT2D eigenvalue weighted by Crippen LogP contribution is -2.00. The molecule has 0 radical (unpaired) electrons. The molecule has 0 saturated carbocycles. The van der Waals surface area contributed by atoms with Crippen molar-refractivity contribution >= 4 is 5.76 Å². The Morgan fingerprint density at radius 3 is 2.70 bits per heavy atom. The fraction of sp³-hybridized carbons (Fsp3) is 0.300. The Balaban J connectivity index is 2.62. The first-order valence-corrected chi connectivity index (χ1v) is 7.79. The second-order valence-corrected chi connectivity index (χ2v) is 5.58. The maximum absolute atomic E-state index is 14.5. The number of aliphatic hydroxyl groups excluding tert-OH is 1. The van der Waals surface area contributed by atoms with E-state index < -0.39 is 0 Å². The van der Waals surface area contributed by atoms with Gasteiger partial charge in [-0.1, -0.05) is 24.8 Å². The van der Waals surface area contributed by atoms with Crippen molar-refractivity contribution in [1.29, 1.82) is 0 Å². The Morgan fingerprint density at radius 2 is 2.09 bits per heavy atom. The molecule has 0 atom stereocenters. The highest BCUT2D eigenvalue weighted by molar-refractivity contribution is 5.72. The highest BCUT2D eigenvalue weighted by Crippen LogP contribution is 2.37. The zero-order valence-electron chi connectivity index (χ0n) is 13.9. The summed E-state index contributed by atoms with van der Waals surface area (Å²) in [5.74, 6) is -0.00357. The average molecular weight is 314 g/mol. The Kier molecular flexibility index (Phi) is 5.43. The normalized spacial score (nSPS) is 16.0. The molecule has 0 unspecified atom stereocenters. The number of benzene rings is 1. The molecular formula is C20H23FO2. The van der Waals surface area contributed by atoms with E-state index in [2.05, 4.69) is 6.58 Å². The largest absolute Gasteiger partial charge is 0.507 e. The summed E-state index contributed by atoms with van der Waals surface area (Å²) >= 11 is 0. The molecule has 122 valence electrons. The molecule has 23 heavy (non-hydrogen) atoms. The molecular weight excluding hydrogens is 291 g/mol. The fourth-order valence-electron chi connectivity index (χ4n) is 3.12. The van der Waals surface area contributed by atoms with Crippen molar-refractivity contribution in [3.05, 3.63) is 70.6 Å². The third-order valence-electron chi connectivity index (χ3n) is 4.23. The van der Waals surface area contributed by atoms with E-state index in [1.165, 1.54) is 7.11 Å². The van der Waals surface area contributed by atoms with Gasteiger partial charge in [-0.2, -0.15) is 0 Å². The van der Waals surface area contributed by atoms with Gasteiger partial charge in [0, 0.05) is 16.7 Å². The van der Waals surface area contributed by atoms with Gasteiger partial charge in [0.05, 0.1) is 7.11 Å². The molecule has 0 heterocycles. The Labute approximate surface area is 137 Å². The summed E-state index contributed by atoms with van der Waals surface area (Å²) in [5.41, 5.74) is 3.94. The number of fused-ring (bicyclic) bond motifs is 1. The molecule has 2 nitrogen and oxygen atoms in total. The summed E-state index contributed by atoms with van der Waals surface area (Å²) < 4.78 is 19.5. The number of allylic oxidation sites excluding steroid dienone is 6. The van der Waals surface area contributed by atoms with Crippen LogP contribution in [-0.4, -0.2) is 12.2 Å². The molecule has 0 aromatic heterocycles. The van der Waals surface area contributed by atoms with E-state index in [1.807, 2.05) is 26.0 Å². The Morgan fingerprint density at radius 1 is 1.35 bits per heavy atom.